The van der Waals surface area contributed by atoms with Gasteiger partial charge in [0.15, 0.2) is 6.61 Å². The Labute approximate surface area is 479 Å². The zero-order chi connectivity index (χ0) is 57.2. The summed E-state index contributed by atoms with van der Waals surface area (Å²) in [5.41, 5.74) is 6.42. The van der Waals surface area contributed by atoms with E-state index in [-0.39, 0.29) is 54.5 Å². The summed E-state index contributed by atoms with van der Waals surface area (Å²) in [7, 11) is 6.03. The maximum atomic E-state index is 13.7. The third-order valence-corrected chi connectivity index (χ3v) is 16.7. The van der Waals surface area contributed by atoms with Gasteiger partial charge in [-0.15, -0.1) is 0 Å². The molecule has 7 aromatic rings. The zero-order valence-electron chi connectivity index (χ0n) is 46.5. The van der Waals surface area contributed by atoms with E-state index in [0.29, 0.717) is 58.7 Å². The number of benzene rings is 5. The molecule has 4 aliphatic heterocycles. The maximum absolute atomic E-state index is 13.7. The van der Waals surface area contributed by atoms with Crippen molar-refractivity contribution < 1.29 is 48.1 Å². The molecule has 82 heavy (non-hydrogen) atoms. The van der Waals surface area contributed by atoms with Crippen LogP contribution in [0.5, 0.6) is 17.2 Å². The number of carbonyl (C=O) groups is 6. The molecule has 3 fully saturated rings. The number of amides is 5. The Hall–Kier alpha value is -8.24. The number of nitrogens with one attached hydrogen (secondary N) is 1. The van der Waals surface area contributed by atoms with Gasteiger partial charge in [0.05, 0.1) is 34.6 Å². The number of aromatic nitrogens is 3. The van der Waals surface area contributed by atoms with Gasteiger partial charge >= 0.3 is 5.97 Å². The fraction of sp³-hybridized carbons (Fsp3) is 0.361. The highest BCUT2D eigenvalue weighted by atomic mass is 32.2. The van der Waals surface area contributed by atoms with E-state index in [0.717, 1.165) is 98.0 Å². The lowest BCUT2D eigenvalue weighted by Crippen LogP contribution is -2.54. The quantitative estimate of drug-likeness (QED) is 0.0465. The predicted octanol–water partition coefficient (Wildman–Crippen LogP) is 6.66. The number of nitrogens with zero attached hydrogens (tertiary/aromatic N) is 9. The van der Waals surface area contributed by atoms with Gasteiger partial charge in [-0.05, 0) is 99.8 Å². The van der Waals surface area contributed by atoms with Gasteiger partial charge in [-0.3, -0.25) is 43.8 Å². The Bertz CT molecular complexity index is 3600. The first-order valence-electron chi connectivity index (χ1n) is 27.8. The second kappa shape index (κ2) is 24.1. The summed E-state index contributed by atoms with van der Waals surface area (Å²) in [5, 5.41) is 21.3. The molecule has 0 aliphatic carbocycles. The van der Waals surface area contributed by atoms with E-state index < -0.39 is 35.6 Å². The molecule has 0 radical (unpaired) electrons. The highest BCUT2D eigenvalue weighted by Gasteiger charge is 2.45. The van der Waals surface area contributed by atoms with Crippen molar-refractivity contribution in [1.29, 1.82) is 0 Å². The Morgan fingerprint density at radius 2 is 1.49 bits per heavy atom. The lowest BCUT2D eigenvalue weighted by Gasteiger charge is -2.36. The van der Waals surface area contributed by atoms with Gasteiger partial charge in [-0.1, -0.05) is 54.6 Å². The number of aromatic carboxylic acids is 1. The molecule has 3 saturated heterocycles. The number of para-hydroxylation sites is 1. The Morgan fingerprint density at radius 3 is 2.24 bits per heavy atom. The molecule has 4 aliphatic rings. The number of piperidine rings is 1. The minimum Gasteiger partial charge on any atom is -0.493 e. The van der Waals surface area contributed by atoms with Crippen LogP contribution in [0.15, 0.2) is 103 Å². The zero-order valence-corrected chi connectivity index (χ0v) is 47.3. The van der Waals surface area contributed by atoms with Gasteiger partial charge in [0.1, 0.15) is 35.6 Å². The van der Waals surface area contributed by atoms with Crippen LogP contribution in [0.2, 0.25) is 0 Å². The molecule has 6 heterocycles. The van der Waals surface area contributed by atoms with E-state index >= 15 is 0 Å². The first-order valence-corrected chi connectivity index (χ1v) is 28.5. The molecular weight excluding hydrogens is 1060 g/mol. The summed E-state index contributed by atoms with van der Waals surface area (Å²) in [5.74, 6) is -2.02. The molecule has 5 aromatic carbocycles. The summed E-state index contributed by atoms with van der Waals surface area (Å²) in [4.78, 5) is 85.4. The third kappa shape index (κ3) is 11.5. The Kier molecular flexibility index (Phi) is 16.3. The summed E-state index contributed by atoms with van der Waals surface area (Å²) < 4.78 is 27.1. The van der Waals surface area contributed by atoms with Crippen LogP contribution in [-0.4, -0.2) is 171 Å². The summed E-state index contributed by atoms with van der Waals surface area (Å²) in [6.07, 6.45) is 1.06. The molecule has 21 heteroatoms. The molecule has 1 unspecified atom stereocenters. The van der Waals surface area contributed by atoms with Gasteiger partial charge in [-0.2, -0.15) is 5.10 Å². The van der Waals surface area contributed by atoms with Crippen LogP contribution in [0.3, 0.4) is 0 Å². The largest absolute Gasteiger partial charge is 0.493 e. The summed E-state index contributed by atoms with van der Waals surface area (Å²) >= 11 is 1.75. The van der Waals surface area contributed by atoms with Crippen LogP contribution < -0.4 is 24.4 Å². The molecule has 1 atom stereocenters. The normalized spacial score (nSPS) is 17.1. The van der Waals surface area contributed by atoms with Crippen molar-refractivity contribution in [3.8, 4) is 28.4 Å². The van der Waals surface area contributed by atoms with Crippen molar-refractivity contribution >= 4 is 75.0 Å². The second-order valence-electron chi connectivity index (χ2n) is 21.2. The van der Waals surface area contributed by atoms with Gasteiger partial charge in [0.25, 0.3) is 17.7 Å². The minimum absolute atomic E-state index is 0.00899. The summed E-state index contributed by atoms with van der Waals surface area (Å²) in [6.45, 7) is 8.76. The third-order valence-electron chi connectivity index (χ3n) is 15.8. The lowest BCUT2D eigenvalue weighted by atomic mass is 9.98. The van der Waals surface area contributed by atoms with Crippen LogP contribution in [-0.2, 0) is 41.0 Å². The van der Waals surface area contributed by atoms with Gasteiger partial charge in [0, 0.05) is 119 Å². The number of aryl methyl sites for hydroxylation is 3. The number of carbonyl (C=O) groups excluding carboxylic acids is 5. The molecule has 0 bridgehead atoms. The van der Waals surface area contributed by atoms with E-state index in [9.17, 15) is 33.9 Å². The monoisotopic (exact) mass is 1130 g/mol. The average Bonchev–Trinajstić information content (AvgIpc) is 4.12. The number of rotatable bonds is 20. The molecule has 11 rings (SSSR count). The minimum atomic E-state index is -1.10. The topological polar surface area (TPSA) is 205 Å². The second-order valence-corrected chi connectivity index (χ2v) is 22.6. The van der Waals surface area contributed by atoms with Crippen molar-refractivity contribution in [2.75, 3.05) is 91.1 Å². The predicted molar refractivity (Wildman–Crippen MR) is 311 cm³/mol. The standard InChI is InChI=1S/C61H66N10O10S/c1-39-55(51(65(4)63-39)37-80-42-19-17-41(18-20-42)67-30-32-69(33-31-67)82-64(2)3)48-14-8-13-45-46(15-9-35-79-52-16-7-11-40-10-5-6-12-44(40)52)57(61(77)78)70(56(45)48)34-27-66-25-28-68(29-26-66)54(73)38-81-43-21-22-47-49(36-43)60(76)71(59(47)75)50-23-24-53(72)62-58(50)74/h5-8,10-14,16-22,36,50H,9,15,23-35,37-38H2,1-4H3,(H,77,78)(H,62,72,74). The fourth-order valence-electron chi connectivity index (χ4n) is 11.8. The van der Waals surface area contributed by atoms with Crippen molar-refractivity contribution in [3.63, 3.8) is 0 Å². The number of anilines is 1. The van der Waals surface area contributed by atoms with Gasteiger partial charge < -0.3 is 33.7 Å². The molecule has 2 N–H and O–H groups in total. The number of imide groups is 2. The number of carboxylic acids is 1. The smallest absolute Gasteiger partial charge is 0.352 e. The van der Waals surface area contributed by atoms with Crippen molar-refractivity contribution in [3.05, 3.63) is 137 Å². The van der Waals surface area contributed by atoms with E-state index in [1.54, 1.807) is 17.0 Å². The first-order chi connectivity index (χ1) is 39.7. The van der Waals surface area contributed by atoms with Crippen molar-refractivity contribution in [2.45, 2.75) is 51.8 Å². The number of fused-ring (bicyclic) bond motifs is 3. The number of hydrogen-bond acceptors (Lipinski definition) is 15. The summed E-state index contributed by atoms with van der Waals surface area (Å²) in [6, 6.07) is 31.6. The van der Waals surface area contributed by atoms with Gasteiger partial charge in [0.2, 0.25) is 11.8 Å². The number of ether oxygens (including phenoxy) is 3. The fourth-order valence-corrected chi connectivity index (χ4v) is 12.6. The van der Waals surface area contributed by atoms with Crippen molar-refractivity contribution in [1.82, 2.24) is 43.0 Å². The highest BCUT2D eigenvalue weighted by molar-refractivity contribution is 7.94. The van der Waals surface area contributed by atoms with E-state index in [1.165, 1.54) is 18.2 Å². The highest BCUT2D eigenvalue weighted by Crippen LogP contribution is 2.39. The maximum Gasteiger partial charge on any atom is 0.352 e. The molecular formula is C61H66N10O10S. The molecule has 2 aromatic heterocycles. The Balaban J connectivity index is 0.794. The average molecular weight is 1130 g/mol. The van der Waals surface area contributed by atoms with Crippen LogP contribution in [0.4, 0.5) is 5.69 Å². The van der Waals surface area contributed by atoms with Crippen LogP contribution in [0.25, 0.3) is 32.8 Å². The van der Waals surface area contributed by atoms with Crippen LogP contribution in [0, 0.1) is 6.92 Å². The van der Waals surface area contributed by atoms with Crippen molar-refractivity contribution in [2.24, 2.45) is 7.05 Å². The molecule has 5 amide bonds. The van der Waals surface area contributed by atoms with Crippen LogP contribution >= 0.6 is 12.1 Å². The number of hydrogen-bond donors (Lipinski definition) is 2. The molecule has 426 valence electrons. The van der Waals surface area contributed by atoms with E-state index in [4.69, 9.17) is 19.3 Å². The van der Waals surface area contributed by atoms with E-state index in [1.807, 2.05) is 83.9 Å². The van der Waals surface area contributed by atoms with E-state index in [2.05, 4.69) is 62.1 Å². The molecule has 0 spiro atoms. The number of piperazine rings is 2. The SMILES string of the molecule is Cc1nn(C)c(COc2ccc(N3CCN(SN(C)C)CC3)cc2)c1-c1cccc2c(CCCOc3cccc4ccccc34)c(C(=O)O)n(CCN3CCN(C(=O)COc4ccc5c(c4)C(=O)N(C4CCC(=O)NC4=O)C5=O)CC3)c12. The number of carboxylic acid groups (broad SMARTS) is 1. The lowest BCUT2D eigenvalue weighted by molar-refractivity contribution is -0.136. The molecule has 20 nitrogen and oxygen atoms in total. The van der Waals surface area contributed by atoms with Gasteiger partial charge in [-0.25, -0.2) is 13.4 Å². The molecule has 0 saturated carbocycles. The Morgan fingerprint density at radius 1 is 0.768 bits per heavy atom. The first kappa shape index (κ1) is 55.7. The van der Waals surface area contributed by atoms with Crippen LogP contribution in [0.1, 0.15) is 67.4 Å².